The topological polar surface area (TPSA) is 12.5 Å². The first kappa shape index (κ1) is 12.1. The molecule has 0 unspecified atom stereocenters. The molecule has 0 fully saturated rings. The van der Waals surface area contributed by atoms with Crippen molar-refractivity contribution in [1.82, 2.24) is 4.90 Å². The summed E-state index contributed by atoms with van der Waals surface area (Å²) in [7, 11) is 4.14. The fourth-order valence-electron chi connectivity index (χ4n) is 1.02. The third kappa shape index (κ3) is 3.56. The van der Waals surface area contributed by atoms with E-state index in [1.54, 1.807) is 0 Å². The lowest BCUT2D eigenvalue weighted by Crippen LogP contribution is -2.43. The fourth-order valence-corrected chi connectivity index (χ4v) is 1.02. The molecule has 0 heterocycles. The van der Waals surface area contributed by atoms with Gasteiger partial charge in [0.15, 0.2) is 0 Å². The first-order valence-electron chi connectivity index (χ1n) is 5.29. The number of aryl methyl sites for hydroxylation is 1. The molecule has 2 heteroatoms. The molecule has 0 amide bonds. The zero-order chi connectivity index (χ0) is 11.5. The Morgan fingerprint density at radius 2 is 1.67 bits per heavy atom. The van der Waals surface area contributed by atoms with Gasteiger partial charge in [-0.1, -0.05) is 17.7 Å². The summed E-state index contributed by atoms with van der Waals surface area (Å²) in [6.07, 6.45) is 0. The van der Waals surface area contributed by atoms with Gasteiger partial charge in [0.2, 0.25) is 0 Å². The van der Waals surface area contributed by atoms with Crippen molar-refractivity contribution >= 4 is 0 Å². The third-order valence-corrected chi connectivity index (χ3v) is 2.82. The molecular formula is C13H21NO. The molecule has 1 aromatic rings. The average molecular weight is 207 g/mol. The number of nitrogens with zero attached hydrogens (tertiary/aromatic N) is 1. The molecule has 0 saturated heterocycles. The molecule has 0 radical (unpaired) electrons. The predicted molar refractivity (Wildman–Crippen MR) is 64.4 cm³/mol. The lowest BCUT2D eigenvalue weighted by atomic mass is 10.1. The van der Waals surface area contributed by atoms with Gasteiger partial charge in [-0.15, -0.1) is 0 Å². The summed E-state index contributed by atoms with van der Waals surface area (Å²) in [5, 5.41) is 0. The van der Waals surface area contributed by atoms with Crippen molar-refractivity contribution in [2.45, 2.75) is 26.3 Å². The van der Waals surface area contributed by atoms with E-state index in [0.29, 0.717) is 6.61 Å². The van der Waals surface area contributed by atoms with Gasteiger partial charge >= 0.3 is 0 Å². The molecule has 0 aliphatic carbocycles. The Morgan fingerprint density at radius 3 is 2.13 bits per heavy atom. The minimum atomic E-state index is 0.0604. The normalized spacial score (nSPS) is 11.9. The number of hydrogen-bond acceptors (Lipinski definition) is 2. The number of rotatable bonds is 4. The summed E-state index contributed by atoms with van der Waals surface area (Å²) in [5.41, 5.74) is 1.32. The third-order valence-electron chi connectivity index (χ3n) is 2.82. The molecule has 0 atom stereocenters. The fraction of sp³-hybridized carbons (Fsp3) is 0.538. The molecule has 0 aliphatic heterocycles. The lowest BCUT2D eigenvalue weighted by Gasteiger charge is -2.32. The summed E-state index contributed by atoms with van der Waals surface area (Å²) < 4.78 is 5.75. The van der Waals surface area contributed by atoms with Crippen LogP contribution in [0.5, 0.6) is 5.75 Å². The summed E-state index contributed by atoms with van der Waals surface area (Å²) in [4.78, 5) is 2.17. The van der Waals surface area contributed by atoms with E-state index in [2.05, 4.69) is 51.9 Å². The standard InChI is InChI=1S/C13H21NO/c1-11-6-8-12(9-7-11)15-10-13(2,3)14(4)5/h6-9H,10H2,1-5H3. The van der Waals surface area contributed by atoms with E-state index in [-0.39, 0.29) is 5.54 Å². The molecule has 2 nitrogen and oxygen atoms in total. The molecule has 0 bridgehead atoms. The van der Waals surface area contributed by atoms with Crippen LogP contribution >= 0.6 is 0 Å². The number of likely N-dealkylation sites (N-methyl/N-ethyl adjacent to an activating group) is 1. The Hall–Kier alpha value is -1.02. The maximum Gasteiger partial charge on any atom is 0.119 e. The van der Waals surface area contributed by atoms with Gasteiger partial charge in [0.1, 0.15) is 12.4 Å². The molecule has 15 heavy (non-hydrogen) atoms. The monoisotopic (exact) mass is 207 g/mol. The van der Waals surface area contributed by atoms with Gasteiger partial charge in [-0.2, -0.15) is 0 Å². The molecule has 0 aromatic heterocycles. The smallest absolute Gasteiger partial charge is 0.119 e. The van der Waals surface area contributed by atoms with Crippen molar-refractivity contribution in [1.29, 1.82) is 0 Å². The van der Waals surface area contributed by atoms with Crippen molar-refractivity contribution in [3.63, 3.8) is 0 Å². The van der Waals surface area contributed by atoms with Crippen LogP contribution in [0.4, 0.5) is 0 Å². The zero-order valence-electron chi connectivity index (χ0n) is 10.4. The largest absolute Gasteiger partial charge is 0.492 e. The zero-order valence-corrected chi connectivity index (χ0v) is 10.4. The minimum Gasteiger partial charge on any atom is -0.492 e. The Labute approximate surface area is 92.9 Å². The maximum atomic E-state index is 5.75. The van der Waals surface area contributed by atoms with Crippen LogP contribution in [0.15, 0.2) is 24.3 Å². The summed E-state index contributed by atoms with van der Waals surface area (Å²) in [5.74, 6) is 0.940. The second-order valence-electron chi connectivity index (χ2n) is 4.81. The van der Waals surface area contributed by atoms with E-state index < -0.39 is 0 Å². The number of benzene rings is 1. The Balaban J connectivity index is 2.54. The van der Waals surface area contributed by atoms with Crippen molar-refractivity contribution in [2.75, 3.05) is 20.7 Å². The highest BCUT2D eigenvalue weighted by Gasteiger charge is 2.21. The molecular weight excluding hydrogens is 186 g/mol. The molecule has 1 rings (SSSR count). The van der Waals surface area contributed by atoms with E-state index in [1.807, 2.05) is 12.1 Å². The van der Waals surface area contributed by atoms with E-state index >= 15 is 0 Å². The number of hydrogen-bond donors (Lipinski definition) is 0. The molecule has 0 saturated carbocycles. The van der Waals surface area contributed by atoms with Gasteiger partial charge in [-0.3, -0.25) is 0 Å². The van der Waals surface area contributed by atoms with Gasteiger partial charge < -0.3 is 9.64 Å². The van der Waals surface area contributed by atoms with Crippen LogP contribution < -0.4 is 4.74 Å². The van der Waals surface area contributed by atoms with E-state index in [1.165, 1.54) is 5.56 Å². The summed E-state index contributed by atoms with van der Waals surface area (Å²) >= 11 is 0. The lowest BCUT2D eigenvalue weighted by molar-refractivity contribution is 0.114. The first-order chi connectivity index (χ1) is 6.92. The highest BCUT2D eigenvalue weighted by molar-refractivity contribution is 5.26. The van der Waals surface area contributed by atoms with Crippen molar-refractivity contribution in [3.8, 4) is 5.75 Å². The van der Waals surface area contributed by atoms with Crippen LogP contribution in [0, 0.1) is 6.92 Å². The Morgan fingerprint density at radius 1 is 1.13 bits per heavy atom. The Kier molecular flexibility index (Phi) is 3.75. The van der Waals surface area contributed by atoms with E-state index in [0.717, 1.165) is 5.75 Å². The van der Waals surface area contributed by atoms with Crippen molar-refractivity contribution in [3.05, 3.63) is 29.8 Å². The van der Waals surface area contributed by atoms with Crippen LogP contribution in [0.25, 0.3) is 0 Å². The summed E-state index contributed by atoms with van der Waals surface area (Å²) in [6.45, 7) is 7.11. The quantitative estimate of drug-likeness (QED) is 0.752. The average Bonchev–Trinajstić information content (AvgIpc) is 2.17. The van der Waals surface area contributed by atoms with Gasteiger partial charge in [0.25, 0.3) is 0 Å². The van der Waals surface area contributed by atoms with Crippen LogP contribution in [0.1, 0.15) is 19.4 Å². The highest BCUT2D eigenvalue weighted by Crippen LogP contribution is 2.16. The van der Waals surface area contributed by atoms with Crippen LogP contribution in [-0.2, 0) is 0 Å². The van der Waals surface area contributed by atoms with Gasteiger partial charge in [-0.25, -0.2) is 0 Å². The molecule has 0 N–H and O–H groups in total. The van der Waals surface area contributed by atoms with Gasteiger partial charge in [0, 0.05) is 5.54 Å². The number of ether oxygens (including phenoxy) is 1. The maximum absolute atomic E-state index is 5.75. The van der Waals surface area contributed by atoms with Crippen LogP contribution in [0.3, 0.4) is 0 Å². The molecule has 1 aromatic carbocycles. The minimum absolute atomic E-state index is 0.0604. The van der Waals surface area contributed by atoms with Gasteiger partial charge in [0.05, 0.1) is 0 Å². The van der Waals surface area contributed by atoms with Crippen molar-refractivity contribution in [2.24, 2.45) is 0 Å². The van der Waals surface area contributed by atoms with Crippen LogP contribution in [0.2, 0.25) is 0 Å². The second kappa shape index (κ2) is 4.67. The molecule has 0 aliphatic rings. The molecule has 0 spiro atoms. The highest BCUT2D eigenvalue weighted by atomic mass is 16.5. The van der Waals surface area contributed by atoms with E-state index in [4.69, 9.17) is 4.74 Å². The second-order valence-corrected chi connectivity index (χ2v) is 4.81. The Bertz CT molecular complexity index is 301. The molecule has 84 valence electrons. The van der Waals surface area contributed by atoms with Crippen molar-refractivity contribution < 1.29 is 4.74 Å². The predicted octanol–water partition coefficient (Wildman–Crippen LogP) is 2.71. The first-order valence-corrected chi connectivity index (χ1v) is 5.29. The summed E-state index contributed by atoms with van der Waals surface area (Å²) in [6, 6.07) is 8.16. The van der Waals surface area contributed by atoms with Crippen LogP contribution in [-0.4, -0.2) is 31.1 Å². The van der Waals surface area contributed by atoms with E-state index in [9.17, 15) is 0 Å². The van der Waals surface area contributed by atoms with Gasteiger partial charge in [-0.05, 0) is 47.0 Å². The SMILES string of the molecule is Cc1ccc(OCC(C)(C)N(C)C)cc1.